The van der Waals surface area contributed by atoms with Gasteiger partial charge in [0.2, 0.25) is 0 Å². The molecule has 0 aliphatic carbocycles. The van der Waals surface area contributed by atoms with E-state index in [4.69, 9.17) is 0 Å². The van der Waals surface area contributed by atoms with Crippen molar-refractivity contribution in [1.82, 2.24) is 5.32 Å². The monoisotopic (exact) mass is 365 g/mol. The van der Waals surface area contributed by atoms with Crippen molar-refractivity contribution in [3.05, 3.63) is 40.4 Å². The van der Waals surface area contributed by atoms with Crippen molar-refractivity contribution < 1.29 is 19.4 Å². The summed E-state index contributed by atoms with van der Waals surface area (Å²) in [4.78, 5) is 24.1. The Labute approximate surface area is 136 Å². The second-order valence-corrected chi connectivity index (χ2v) is 6.23. The predicted octanol–water partition coefficient (Wildman–Crippen LogP) is 2.99. The van der Waals surface area contributed by atoms with Gasteiger partial charge in [-0.1, -0.05) is 40.2 Å². The number of carbonyl (C=O) groups is 2. The largest absolute Gasteiger partial charge is 0.506 e. The molecule has 0 aromatic heterocycles. The summed E-state index contributed by atoms with van der Waals surface area (Å²) in [5.41, 5.74) is -1.11. The molecule has 6 heteroatoms. The number of methoxy groups -OCH3 is 1. The molecular formula is C16H16BrNO4. The van der Waals surface area contributed by atoms with E-state index in [2.05, 4.69) is 26.0 Å². The maximum Gasteiger partial charge on any atom is 0.330 e. The van der Waals surface area contributed by atoms with Crippen LogP contribution in [0.25, 0.3) is 10.8 Å². The zero-order valence-electron chi connectivity index (χ0n) is 12.4. The number of hydrogen-bond donors (Lipinski definition) is 2. The number of phenolic OH excluding ortho intramolecular Hbond substituents is 1. The fraction of sp³-hybridized carbons (Fsp3) is 0.250. The third-order valence-electron chi connectivity index (χ3n) is 3.33. The zero-order chi connectivity index (χ0) is 16.5. The molecule has 0 saturated carbocycles. The summed E-state index contributed by atoms with van der Waals surface area (Å²) in [6, 6.07) is 8.69. The Morgan fingerprint density at radius 3 is 2.41 bits per heavy atom. The van der Waals surface area contributed by atoms with Crippen molar-refractivity contribution in [3.8, 4) is 5.75 Å². The van der Waals surface area contributed by atoms with Crippen LogP contribution in [0.5, 0.6) is 5.75 Å². The highest BCUT2D eigenvalue weighted by molar-refractivity contribution is 9.10. The first-order chi connectivity index (χ1) is 10.3. The maximum atomic E-state index is 12.4. The predicted molar refractivity (Wildman–Crippen MR) is 86.9 cm³/mol. The standard InChI is InChI=1S/C16H16BrNO4/c1-16(2,15(21)22-3)18-14(20)11-8-12(17)9-6-4-5-7-10(9)13(11)19/h4-8,19H,1-3H3,(H,18,20). The molecule has 0 saturated heterocycles. The van der Waals surface area contributed by atoms with Crippen LogP contribution < -0.4 is 5.32 Å². The third-order valence-corrected chi connectivity index (χ3v) is 3.99. The molecule has 0 aliphatic heterocycles. The lowest BCUT2D eigenvalue weighted by Crippen LogP contribution is -2.50. The highest BCUT2D eigenvalue weighted by atomic mass is 79.9. The molecule has 0 spiro atoms. The minimum absolute atomic E-state index is 0.0857. The van der Waals surface area contributed by atoms with Gasteiger partial charge in [-0.25, -0.2) is 4.79 Å². The van der Waals surface area contributed by atoms with Crippen LogP contribution in [0, 0.1) is 0 Å². The minimum atomic E-state index is -1.20. The van der Waals surface area contributed by atoms with Gasteiger partial charge in [-0.2, -0.15) is 0 Å². The first kappa shape index (κ1) is 16.3. The summed E-state index contributed by atoms with van der Waals surface area (Å²) in [7, 11) is 1.25. The Morgan fingerprint density at radius 1 is 1.23 bits per heavy atom. The minimum Gasteiger partial charge on any atom is -0.506 e. The number of aromatic hydroxyl groups is 1. The van der Waals surface area contributed by atoms with Crippen molar-refractivity contribution in [3.63, 3.8) is 0 Å². The normalized spacial score (nSPS) is 11.3. The molecule has 0 atom stereocenters. The highest BCUT2D eigenvalue weighted by Gasteiger charge is 2.31. The smallest absolute Gasteiger partial charge is 0.330 e. The number of phenols is 1. The van der Waals surface area contributed by atoms with E-state index in [1.807, 2.05) is 12.1 Å². The van der Waals surface area contributed by atoms with E-state index >= 15 is 0 Å². The van der Waals surface area contributed by atoms with Gasteiger partial charge in [-0.05, 0) is 25.3 Å². The SMILES string of the molecule is COC(=O)C(C)(C)NC(=O)c1cc(Br)c2ccccc2c1O. The Balaban J connectivity index is 2.45. The molecule has 2 N–H and O–H groups in total. The fourth-order valence-corrected chi connectivity index (χ4v) is 2.72. The van der Waals surface area contributed by atoms with E-state index in [-0.39, 0.29) is 11.3 Å². The van der Waals surface area contributed by atoms with Gasteiger partial charge in [0.1, 0.15) is 11.3 Å². The quantitative estimate of drug-likeness (QED) is 0.819. The van der Waals surface area contributed by atoms with Crippen LogP contribution in [0.3, 0.4) is 0 Å². The number of rotatable bonds is 3. The van der Waals surface area contributed by atoms with Crippen LogP contribution in [0.15, 0.2) is 34.8 Å². The van der Waals surface area contributed by atoms with Crippen molar-refractivity contribution in [1.29, 1.82) is 0 Å². The molecule has 2 aromatic rings. The number of nitrogens with one attached hydrogen (secondary N) is 1. The van der Waals surface area contributed by atoms with Crippen molar-refractivity contribution in [2.24, 2.45) is 0 Å². The summed E-state index contributed by atoms with van der Waals surface area (Å²) >= 11 is 3.39. The van der Waals surface area contributed by atoms with Crippen LogP contribution in [-0.4, -0.2) is 29.6 Å². The molecule has 0 unspecified atom stereocenters. The summed E-state index contributed by atoms with van der Waals surface area (Å²) in [6.45, 7) is 3.06. The molecule has 0 heterocycles. The summed E-state index contributed by atoms with van der Waals surface area (Å²) < 4.78 is 5.33. The van der Waals surface area contributed by atoms with E-state index in [9.17, 15) is 14.7 Å². The van der Waals surface area contributed by atoms with Gasteiger partial charge in [-0.3, -0.25) is 4.79 Å². The first-order valence-electron chi connectivity index (χ1n) is 6.59. The van der Waals surface area contributed by atoms with Gasteiger partial charge < -0.3 is 15.2 Å². The number of fused-ring (bicyclic) bond motifs is 1. The van der Waals surface area contributed by atoms with Gasteiger partial charge in [0.25, 0.3) is 5.91 Å². The van der Waals surface area contributed by atoms with Crippen LogP contribution in [0.4, 0.5) is 0 Å². The van der Waals surface area contributed by atoms with Gasteiger partial charge in [0.05, 0.1) is 12.7 Å². The molecule has 2 rings (SSSR count). The van der Waals surface area contributed by atoms with E-state index in [1.54, 1.807) is 12.1 Å². The van der Waals surface area contributed by atoms with Crippen LogP contribution in [0.1, 0.15) is 24.2 Å². The molecule has 5 nitrogen and oxygen atoms in total. The second-order valence-electron chi connectivity index (χ2n) is 5.37. The maximum absolute atomic E-state index is 12.4. The number of halogens is 1. The van der Waals surface area contributed by atoms with E-state index in [1.165, 1.54) is 27.0 Å². The topological polar surface area (TPSA) is 75.6 Å². The van der Waals surface area contributed by atoms with Crippen molar-refractivity contribution in [2.45, 2.75) is 19.4 Å². The van der Waals surface area contributed by atoms with Crippen LogP contribution in [-0.2, 0) is 9.53 Å². The lowest BCUT2D eigenvalue weighted by atomic mass is 10.0. The Morgan fingerprint density at radius 2 is 1.82 bits per heavy atom. The Hall–Kier alpha value is -2.08. The van der Waals surface area contributed by atoms with Crippen molar-refractivity contribution >= 4 is 38.6 Å². The number of carbonyl (C=O) groups excluding carboxylic acids is 2. The van der Waals surface area contributed by atoms with Crippen LogP contribution >= 0.6 is 15.9 Å². The number of hydrogen-bond acceptors (Lipinski definition) is 4. The first-order valence-corrected chi connectivity index (χ1v) is 7.38. The summed E-state index contributed by atoms with van der Waals surface area (Å²) in [5, 5.41) is 14.2. The lowest BCUT2D eigenvalue weighted by Gasteiger charge is -2.23. The molecular weight excluding hydrogens is 350 g/mol. The van der Waals surface area contributed by atoms with E-state index < -0.39 is 17.4 Å². The van der Waals surface area contributed by atoms with E-state index in [0.29, 0.717) is 9.86 Å². The van der Waals surface area contributed by atoms with Crippen LogP contribution in [0.2, 0.25) is 0 Å². The number of ether oxygens (including phenoxy) is 1. The average Bonchev–Trinajstić information content (AvgIpc) is 2.49. The third kappa shape index (κ3) is 2.92. The molecule has 0 bridgehead atoms. The molecule has 116 valence electrons. The zero-order valence-corrected chi connectivity index (χ0v) is 14.0. The second kappa shape index (κ2) is 5.96. The molecule has 2 aromatic carbocycles. The van der Waals surface area contributed by atoms with Gasteiger partial charge in [-0.15, -0.1) is 0 Å². The van der Waals surface area contributed by atoms with Crippen molar-refractivity contribution in [2.75, 3.05) is 7.11 Å². The summed E-state index contributed by atoms with van der Waals surface area (Å²) in [6.07, 6.45) is 0. The highest BCUT2D eigenvalue weighted by Crippen LogP contribution is 2.34. The molecule has 0 fully saturated rings. The van der Waals surface area contributed by atoms with E-state index in [0.717, 1.165) is 5.39 Å². The van der Waals surface area contributed by atoms with Gasteiger partial charge in [0.15, 0.2) is 0 Å². The van der Waals surface area contributed by atoms with Gasteiger partial charge in [0, 0.05) is 9.86 Å². The molecule has 22 heavy (non-hydrogen) atoms. The fourth-order valence-electron chi connectivity index (χ4n) is 2.15. The lowest BCUT2D eigenvalue weighted by molar-refractivity contribution is -0.146. The number of benzene rings is 2. The average molecular weight is 366 g/mol. The number of amides is 1. The number of esters is 1. The molecule has 1 amide bonds. The molecule has 0 aliphatic rings. The molecule has 0 radical (unpaired) electrons. The summed E-state index contributed by atoms with van der Waals surface area (Å²) in [5.74, 6) is -1.25. The Bertz CT molecular complexity index is 755. The van der Waals surface area contributed by atoms with Gasteiger partial charge >= 0.3 is 5.97 Å². The Kier molecular flexibility index (Phi) is 4.42.